The lowest BCUT2D eigenvalue weighted by molar-refractivity contribution is -0.137. The first-order valence-electron chi connectivity index (χ1n) is 12.6. The Labute approximate surface area is 217 Å². The lowest BCUT2D eigenvalue weighted by Crippen LogP contribution is -2.19. The average Bonchev–Trinajstić information content (AvgIpc) is 3.62. The molecule has 1 saturated heterocycles. The molecule has 1 aliphatic heterocycles. The van der Waals surface area contributed by atoms with Gasteiger partial charge in [-0.25, -0.2) is 4.39 Å². The van der Waals surface area contributed by atoms with Gasteiger partial charge in [0.25, 0.3) is 5.56 Å². The lowest BCUT2D eigenvalue weighted by Gasteiger charge is -2.12. The molecule has 0 amide bonds. The number of fused-ring (bicyclic) bond motifs is 1. The van der Waals surface area contributed by atoms with Crippen molar-refractivity contribution in [1.82, 2.24) is 19.3 Å². The van der Waals surface area contributed by atoms with Gasteiger partial charge in [0.05, 0.1) is 22.7 Å². The predicted octanol–water partition coefficient (Wildman–Crippen LogP) is 6.47. The number of nitrogens with zero attached hydrogens (tertiary/aromatic N) is 4. The van der Waals surface area contributed by atoms with Gasteiger partial charge in [0.1, 0.15) is 5.82 Å². The molecule has 0 radical (unpaired) electrons. The second-order valence-corrected chi connectivity index (χ2v) is 9.35. The summed E-state index contributed by atoms with van der Waals surface area (Å²) < 4.78 is 60.8. The minimum atomic E-state index is -4.63. The number of halogens is 4. The van der Waals surface area contributed by atoms with Crippen LogP contribution in [0.5, 0.6) is 0 Å². The first-order chi connectivity index (χ1) is 18.2. The van der Waals surface area contributed by atoms with Gasteiger partial charge >= 0.3 is 6.18 Å². The van der Waals surface area contributed by atoms with Crippen molar-refractivity contribution in [2.75, 3.05) is 13.2 Å². The van der Waals surface area contributed by atoms with Crippen molar-refractivity contribution in [2.45, 2.75) is 51.2 Å². The molecule has 10 heteroatoms. The van der Waals surface area contributed by atoms with Crippen LogP contribution in [0, 0.1) is 12.7 Å². The molecular formula is C28H30F4N4O2. The van der Waals surface area contributed by atoms with E-state index in [0.29, 0.717) is 22.5 Å². The Bertz CT molecular complexity index is 1410. The van der Waals surface area contributed by atoms with Crippen molar-refractivity contribution in [1.29, 1.82) is 0 Å². The summed E-state index contributed by atoms with van der Waals surface area (Å²) in [5.41, 5.74) is -0.660. The van der Waals surface area contributed by atoms with E-state index in [0.717, 1.165) is 31.4 Å². The van der Waals surface area contributed by atoms with Gasteiger partial charge in [-0.3, -0.25) is 14.5 Å². The van der Waals surface area contributed by atoms with Crippen molar-refractivity contribution >= 4 is 10.8 Å². The minimum Gasteiger partial charge on any atom is -0.381 e. The number of ether oxygens (including phenoxy) is 1. The van der Waals surface area contributed by atoms with Crippen LogP contribution in [0.15, 0.2) is 59.8 Å². The minimum absolute atomic E-state index is 0.0822. The average molecular weight is 531 g/mol. The largest absolute Gasteiger partial charge is 0.416 e. The van der Waals surface area contributed by atoms with Crippen LogP contribution in [0.1, 0.15) is 49.4 Å². The van der Waals surface area contributed by atoms with E-state index in [9.17, 15) is 22.4 Å². The molecule has 1 saturated carbocycles. The Morgan fingerprint density at radius 2 is 1.74 bits per heavy atom. The summed E-state index contributed by atoms with van der Waals surface area (Å²) in [5, 5.41) is 4.82. The van der Waals surface area contributed by atoms with E-state index in [2.05, 4.69) is 10.1 Å². The molecule has 2 fully saturated rings. The van der Waals surface area contributed by atoms with Gasteiger partial charge in [-0.1, -0.05) is 0 Å². The molecule has 6 nitrogen and oxygen atoms in total. The molecule has 2 aliphatic rings. The first kappa shape index (κ1) is 27.5. The fourth-order valence-electron chi connectivity index (χ4n) is 4.07. The molecule has 1 aliphatic carbocycles. The van der Waals surface area contributed by atoms with Crippen molar-refractivity contribution < 1.29 is 22.3 Å². The van der Waals surface area contributed by atoms with Crippen LogP contribution in [-0.2, 0) is 18.0 Å². The third kappa shape index (κ3) is 6.66. The van der Waals surface area contributed by atoms with E-state index in [-0.39, 0.29) is 16.8 Å². The number of alkyl halides is 3. The van der Waals surface area contributed by atoms with Gasteiger partial charge in [-0.15, -0.1) is 0 Å². The molecule has 3 aromatic heterocycles. The lowest BCUT2D eigenvalue weighted by atomic mass is 10.0. The summed E-state index contributed by atoms with van der Waals surface area (Å²) in [6.45, 7) is 3.71. The number of benzene rings is 1. The van der Waals surface area contributed by atoms with Gasteiger partial charge in [0.15, 0.2) is 0 Å². The second kappa shape index (κ2) is 11.9. The summed E-state index contributed by atoms with van der Waals surface area (Å²) in [7, 11) is 1.61. The molecule has 4 heterocycles. The van der Waals surface area contributed by atoms with Crippen LogP contribution in [0.3, 0.4) is 0 Å². The highest BCUT2D eigenvalue weighted by Crippen LogP contribution is 2.34. The number of aryl methyl sites for hydroxylation is 1. The normalized spacial score (nSPS) is 15.3. The van der Waals surface area contributed by atoms with Gasteiger partial charge in [-0.2, -0.15) is 18.3 Å². The highest BCUT2D eigenvalue weighted by Gasteiger charge is 2.31. The molecule has 0 N–H and O–H groups in total. The molecule has 38 heavy (non-hydrogen) atoms. The Morgan fingerprint density at radius 1 is 1.00 bits per heavy atom. The summed E-state index contributed by atoms with van der Waals surface area (Å²) in [4.78, 5) is 16.4. The topological polar surface area (TPSA) is 61.9 Å². The van der Waals surface area contributed by atoms with E-state index in [1.54, 1.807) is 20.0 Å². The zero-order valence-corrected chi connectivity index (χ0v) is 21.3. The van der Waals surface area contributed by atoms with E-state index < -0.39 is 17.6 Å². The van der Waals surface area contributed by atoms with Crippen LogP contribution in [0.4, 0.5) is 17.6 Å². The molecule has 4 aromatic rings. The van der Waals surface area contributed by atoms with Crippen molar-refractivity contribution in [3.05, 3.63) is 82.4 Å². The fraction of sp³-hybridized carbons (Fsp3) is 0.393. The van der Waals surface area contributed by atoms with Gasteiger partial charge < -0.3 is 9.30 Å². The van der Waals surface area contributed by atoms with Gasteiger partial charge in [-0.05, 0) is 75.4 Å². The Morgan fingerprint density at radius 3 is 2.26 bits per heavy atom. The zero-order valence-electron chi connectivity index (χ0n) is 21.3. The summed E-state index contributed by atoms with van der Waals surface area (Å²) in [5.74, 6) is -1.04. The Balaban J connectivity index is 0.000000192. The van der Waals surface area contributed by atoms with Crippen molar-refractivity contribution in [3.63, 3.8) is 0 Å². The van der Waals surface area contributed by atoms with Crippen LogP contribution >= 0.6 is 0 Å². The number of aromatic nitrogens is 4. The molecule has 202 valence electrons. The fourth-order valence-corrected chi connectivity index (χ4v) is 4.07. The third-order valence-corrected chi connectivity index (χ3v) is 6.48. The monoisotopic (exact) mass is 530 g/mol. The van der Waals surface area contributed by atoms with Crippen molar-refractivity contribution in [2.24, 2.45) is 7.05 Å². The van der Waals surface area contributed by atoms with Crippen LogP contribution in [-0.4, -0.2) is 32.5 Å². The molecule has 0 unspecified atom stereocenters. The quantitative estimate of drug-likeness (QED) is 0.279. The second-order valence-electron chi connectivity index (χ2n) is 9.35. The maximum absolute atomic E-state index is 14.3. The Hall–Kier alpha value is -3.53. The summed E-state index contributed by atoms with van der Waals surface area (Å²) in [6.07, 6.45) is 7.14. The number of pyridine rings is 2. The standard InChI is InChI=1S/C17H12F4N2O.C6H8N2.C5H10O/c1-9-7-13-11(16(24)23(9)2)5-6-22-15(13)12-4-3-10(8-14(12)18)17(19,20)21;1-4-7-8(5-1)6-2-3-6;1-2-4-6-5-3-1/h3-8H,1-2H3;1,4-6H,2-3H2;1-5H2. The highest BCUT2D eigenvalue weighted by atomic mass is 19.4. The van der Waals surface area contributed by atoms with Crippen LogP contribution in [0.25, 0.3) is 22.0 Å². The number of rotatable bonds is 2. The molecule has 0 atom stereocenters. The maximum Gasteiger partial charge on any atom is 0.416 e. The summed E-state index contributed by atoms with van der Waals surface area (Å²) >= 11 is 0. The first-order valence-corrected chi connectivity index (χ1v) is 12.6. The van der Waals surface area contributed by atoms with E-state index in [1.165, 1.54) is 48.9 Å². The predicted molar refractivity (Wildman–Crippen MR) is 137 cm³/mol. The molecule has 0 spiro atoms. The zero-order chi connectivity index (χ0) is 27.3. The van der Waals surface area contributed by atoms with Crippen LogP contribution in [0.2, 0.25) is 0 Å². The van der Waals surface area contributed by atoms with E-state index in [1.807, 2.05) is 23.1 Å². The van der Waals surface area contributed by atoms with Crippen LogP contribution < -0.4 is 5.56 Å². The highest BCUT2D eigenvalue weighted by molar-refractivity contribution is 5.94. The molecular weight excluding hydrogens is 500 g/mol. The number of hydrogen-bond acceptors (Lipinski definition) is 4. The maximum atomic E-state index is 14.3. The van der Waals surface area contributed by atoms with Crippen molar-refractivity contribution in [3.8, 4) is 11.3 Å². The molecule has 6 rings (SSSR count). The van der Waals surface area contributed by atoms with Gasteiger partial charge in [0, 0.05) is 55.5 Å². The molecule has 0 bridgehead atoms. The van der Waals surface area contributed by atoms with E-state index in [4.69, 9.17) is 4.74 Å². The molecule has 1 aromatic carbocycles. The van der Waals surface area contributed by atoms with Gasteiger partial charge in [0.2, 0.25) is 0 Å². The SMILES string of the molecule is C1CCOCC1.Cc1cc2c(-c3ccc(C(F)(F)F)cc3F)nccc2c(=O)n1C.c1cnn(C2CC2)c1. The smallest absolute Gasteiger partial charge is 0.381 e. The Kier molecular flexibility index (Phi) is 8.61. The summed E-state index contributed by atoms with van der Waals surface area (Å²) in [6, 6.07) is 8.14. The number of hydrogen-bond donors (Lipinski definition) is 0. The third-order valence-electron chi connectivity index (χ3n) is 6.48. The van der Waals surface area contributed by atoms with E-state index >= 15 is 0 Å².